The molecule has 3 heterocycles. The first kappa shape index (κ1) is 33.1. The molecule has 17 heteroatoms. The van der Waals surface area contributed by atoms with Crippen LogP contribution in [0.2, 0.25) is 0 Å². The summed E-state index contributed by atoms with van der Waals surface area (Å²) in [6.45, 7) is -2.72. The predicted octanol–water partition coefficient (Wildman–Crippen LogP) is -5.25. The Morgan fingerprint density at radius 1 is 0.786 bits per heavy atom. The maximum absolute atomic E-state index is 11.0. The van der Waals surface area contributed by atoms with Crippen molar-refractivity contribution in [2.45, 2.75) is 85.8 Å². The van der Waals surface area contributed by atoms with Crippen molar-refractivity contribution >= 4 is 0 Å². The number of aliphatic hydroxyl groups excluding tert-OH is 8. The van der Waals surface area contributed by atoms with E-state index in [0.717, 1.165) is 0 Å². The van der Waals surface area contributed by atoms with Gasteiger partial charge in [0, 0.05) is 0 Å². The third-order valence-electron chi connectivity index (χ3n) is 7.50. The molecule has 0 aromatic heterocycles. The minimum absolute atomic E-state index is 0.0954. The summed E-state index contributed by atoms with van der Waals surface area (Å²) in [5.41, 5.74) is -1.49. The summed E-state index contributed by atoms with van der Waals surface area (Å²) in [4.78, 5) is 0. The molecule has 1 aromatic carbocycles. The highest BCUT2D eigenvalue weighted by Crippen LogP contribution is 2.32. The van der Waals surface area contributed by atoms with Gasteiger partial charge in [-0.25, -0.2) is 0 Å². The molecule has 3 fully saturated rings. The lowest BCUT2D eigenvalue weighted by molar-refractivity contribution is -0.345. The van der Waals surface area contributed by atoms with Gasteiger partial charge in [0.1, 0.15) is 60.5 Å². The Balaban J connectivity index is 1.46. The molecular formula is C25H38O17. The van der Waals surface area contributed by atoms with Gasteiger partial charge in [-0.15, -0.1) is 0 Å². The van der Waals surface area contributed by atoms with Crippen molar-refractivity contribution < 1.29 is 84.6 Å². The van der Waals surface area contributed by atoms with E-state index in [9.17, 15) is 56.2 Å². The second-order valence-corrected chi connectivity index (χ2v) is 10.5. The van der Waals surface area contributed by atoms with E-state index in [2.05, 4.69) is 0 Å². The van der Waals surface area contributed by atoms with Crippen LogP contribution in [0, 0.1) is 0 Å². The molecule has 0 unspecified atom stereocenters. The summed E-state index contributed by atoms with van der Waals surface area (Å²) in [5, 5.41) is 111. The molecule has 4 rings (SSSR count). The quantitative estimate of drug-likeness (QED) is 0.104. The third-order valence-corrected chi connectivity index (χ3v) is 7.50. The van der Waals surface area contributed by atoms with Crippen LogP contribution in [-0.4, -0.2) is 169 Å². The van der Waals surface area contributed by atoms with Crippen LogP contribution in [0.15, 0.2) is 18.2 Å². The van der Waals surface area contributed by atoms with E-state index in [1.165, 1.54) is 18.2 Å². The van der Waals surface area contributed by atoms with E-state index < -0.39 is 106 Å². The van der Waals surface area contributed by atoms with Gasteiger partial charge in [0.25, 0.3) is 0 Å². The zero-order valence-corrected chi connectivity index (χ0v) is 22.3. The fraction of sp³-hybridized carbons (Fsp3) is 0.760. The van der Waals surface area contributed by atoms with Crippen molar-refractivity contribution in [1.29, 1.82) is 0 Å². The first-order chi connectivity index (χ1) is 19.9. The Labute approximate surface area is 239 Å². The van der Waals surface area contributed by atoms with Crippen molar-refractivity contribution in [3.05, 3.63) is 23.8 Å². The smallest absolute Gasteiger partial charge is 0.187 e. The van der Waals surface area contributed by atoms with Crippen molar-refractivity contribution in [2.75, 3.05) is 33.0 Å². The largest absolute Gasteiger partial charge is 0.504 e. The normalized spacial score (nSPS) is 42.6. The maximum Gasteiger partial charge on any atom is 0.187 e. The summed E-state index contributed by atoms with van der Waals surface area (Å²) < 4.78 is 33.0. The number of ether oxygens (including phenoxy) is 6. The average Bonchev–Trinajstić information content (AvgIpc) is 3.26. The van der Waals surface area contributed by atoms with E-state index in [0.29, 0.717) is 5.56 Å². The zero-order valence-electron chi connectivity index (χ0n) is 22.3. The lowest BCUT2D eigenvalue weighted by Gasteiger charge is -2.44. The van der Waals surface area contributed by atoms with Crippen LogP contribution in [0.4, 0.5) is 0 Å². The molecular weight excluding hydrogens is 572 g/mol. The number of hydrogen-bond acceptors (Lipinski definition) is 17. The molecule has 3 saturated heterocycles. The highest BCUT2D eigenvalue weighted by molar-refractivity contribution is 5.40. The van der Waals surface area contributed by atoms with Gasteiger partial charge in [0.05, 0.1) is 33.0 Å². The van der Waals surface area contributed by atoms with Crippen LogP contribution >= 0.6 is 0 Å². The third kappa shape index (κ3) is 6.96. The number of hydrogen-bond donors (Lipinski definition) is 11. The van der Waals surface area contributed by atoms with Gasteiger partial charge in [-0.05, 0) is 24.1 Å². The Hall–Kier alpha value is -1.78. The van der Waals surface area contributed by atoms with Crippen LogP contribution < -0.4 is 0 Å². The number of rotatable bonds is 11. The van der Waals surface area contributed by atoms with E-state index in [1.54, 1.807) is 0 Å². The first-order valence-electron chi connectivity index (χ1n) is 13.2. The second kappa shape index (κ2) is 13.9. The van der Waals surface area contributed by atoms with Gasteiger partial charge in [-0.1, -0.05) is 6.07 Å². The molecule has 0 saturated carbocycles. The summed E-state index contributed by atoms with van der Waals surface area (Å²) >= 11 is 0. The number of aromatic hydroxyl groups is 2. The zero-order chi connectivity index (χ0) is 30.8. The molecule has 0 bridgehead atoms. The van der Waals surface area contributed by atoms with E-state index in [4.69, 9.17) is 28.4 Å². The van der Waals surface area contributed by atoms with Gasteiger partial charge >= 0.3 is 0 Å². The highest BCUT2D eigenvalue weighted by atomic mass is 16.7. The minimum atomic E-state index is -2.05. The Bertz CT molecular complexity index is 1010. The highest BCUT2D eigenvalue weighted by Gasteiger charge is 2.53. The van der Waals surface area contributed by atoms with Gasteiger partial charge in [0.2, 0.25) is 0 Å². The van der Waals surface area contributed by atoms with Crippen molar-refractivity contribution in [3.8, 4) is 11.5 Å². The van der Waals surface area contributed by atoms with Crippen LogP contribution in [-0.2, 0) is 34.8 Å². The molecule has 0 radical (unpaired) electrons. The average molecular weight is 611 g/mol. The van der Waals surface area contributed by atoms with Gasteiger partial charge < -0.3 is 84.6 Å². The molecule has 0 amide bonds. The lowest BCUT2D eigenvalue weighted by atomic mass is 9.97. The van der Waals surface area contributed by atoms with Crippen LogP contribution in [0.3, 0.4) is 0 Å². The molecule has 3 aliphatic heterocycles. The molecule has 1 aromatic rings. The summed E-state index contributed by atoms with van der Waals surface area (Å²) in [5.74, 6) is -0.659. The molecule has 3 aliphatic rings. The van der Waals surface area contributed by atoms with Crippen LogP contribution in [0.1, 0.15) is 5.56 Å². The monoisotopic (exact) mass is 610 g/mol. The topological polar surface area (TPSA) is 278 Å². The fourth-order valence-corrected chi connectivity index (χ4v) is 4.81. The summed E-state index contributed by atoms with van der Waals surface area (Å²) in [6.07, 6.45) is -18.9. The van der Waals surface area contributed by atoms with Crippen molar-refractivity contribution in [2.24, 2.45) is 0 Å². The Morgan fingerprint density at radius 3 is 2.12 bits per heavy atom. The van der Waals surface area contributed by atoms with E-state index in [-0.39, 0.29) is 24.5 Å². The van der Waals surface area contributed by atoms with Crippen molar-refractivity contribution in [3.63, 3.8) is 0 Å². The number of aliphatic hydroxyl groups is 9. The summed E-state index contributed by atoms with van der Waals surface area (Å²) in [6, 6.07) is 4.12. The molecule has 13 atom stereocenters. The number of phenols is 2. The van der Waals surface area contributed by atoms with Gasteiger partial charge in [0.15, 0.2) is 30.4 Å². The van der Waals surface area contributed by atoms with Crippen LogP contribution in [0.5, 0.6) is 11.5 Å². The first-order valence-corrected chi connectivity index (χ1v) is 13.2. The van der Waals surface area contributed by atoms with Crippen LogP contribution in [0.25, 0.3) is 0 Å². The van der Waals surface area contributed by atoms with E-state index in [1.807, 2.05) is 0 Å². The summed E-state index contributed by atoms with van der Waals surface area (Å²) in [7, 11) is 0. The fourth-order valence-electron chi connectivity index (χ4n) is 4.81. The molecule has 11 N–H and O–H groups in total. The molecule has 17 nitrogen and oxygen atoms in total. The molecule has 0 aliphatic carbocycles. The Kier molecular flexibility index (Phi) is 11.0. The second-order valence-electron chi connectivity index (χ2n) is 10.5. The lowest BCUT2D eigenvalue weighted by Crippen LogP contribution is -2.63. The SMILES string of the molecule is OC[C@H]1O[C@@H](OC[C@H]2O[C@@H](OCCc3ccc(O)c(O)c3)[C@H](O)[C@@H](O[C@@H]3OC[C@](O)(CO)[C@H]3O)[C@@H]2O)[C@H](O)[C@@H](O)[C@@H]1O. The standard InChI is InChI=1S/C25H38O17/c26-6-13-15(30)17(32)18(33)22(40-13)38-7-14-16(31)20(42-24-21(35)25(36,8-27)9-39-24)19(34)23(41-14)37-4-3-10-1-2-11(28)12(29)5-10/h1-2,5,13-24,26-36H,3-4,6-9H2/t13-,14-,15-,16-,17+,18-,19-,20+,21+,22-,23-,24+,25-/m1/s1. The predicted molar refractivity (Wildman–Crippen MR) is 132 cm³/mol. The van der Waals surface area contributed by atoms with Gasteiger partial charge in [-0.2, -0.15) is 0 Å². The minimum Gasteiger partial charge on any atom is -0.504 e. The number of phenolic OH excluding ortho intramolecular Hbond substituents is 2. The number of benzene rings is 1. The van der Waals surface area contributed by atoms with E-state index >= 15 is 0 Å². The van der Waals surface area contributed by atoms with Gasteiger partial charge in [-0.3, -0.25) is 0 Å². The molecule has 0 spiro atoms. The molecule has 240 valence electrons. The van der Waals surface area contributed by atoms with Crippen molar-refractivity contribution in [1.82, 2.24) is 0 Å². The Morgan fingerprint density at radius 2 is 1.48 bits per heavy atom. The maximum atomic E-state index is 11.0. The molecule has 42 heavy (non-hydrogen) atoms.